The zero-order valence-electron chi connectivity index (χ0n) is 15.2. The zero-order chi connectivity index (χ0) is 18.9. The fourth-order valence-electron chi connectivity index (χ4n) is 3.61. The number of Topliss-reactive ketones (excluding diaryl/α,β-unsaturated/α-hetero) is 1. The summed E-state index contributed by atoms with van der Waals surface area (Å²) in [5.41, 5.74) is 2.98. The second kappa shape index (κ2) is 7.13. The summed E-state index contributed by atoms with van der Waals surface area (Å²) in [4.78, 5) is 29.3. The van der Waals surface area contributed by atoms with Crippen molar-refractivity contribution in [2.24, 2.45) is 0 Å². The standard InChI is InChI=1S/C22H18N4OS/c27-16-9-6-12-26(13-16)21-19-17(15-7-2-1-3-8-15)14-28-22(19)25-20(24-21)18-10-4-5-11-23-18/h1-5,7-8,10-11,14H,6,9,12-13H2. The van der Waals surface area contributed by atoms with Crippen molar-refractivity contribution in [2.45, 2.75) is 12.8 Å². The van der Waals surface area contributed by atoms with Gasteiger partial charge in [0.05, 0.1) is 11.9 Å². The van der Waals surface area contributed by atoms with Crippen LogP contribution >= 0.6 is 11.3 Å². The predicted octanol–water partition coefficient (Wildman–Crippen LogP) is 4.59. The molecular formula is C22H18N4OS. The molecule has 1 aromatic carbocycles. The van der Waals surface area contributed by atoms with Crippen molar-refractivity contribution in [1.82, 2.24) is 15.0 Å². The lowest BCUT2D eigenvalue weighted by molar-refractivity contribution is -0.118. The minimum Gasteiger partial charge on any atom is -0.349 e. The molecule has 5 rings (SSSR count). The fourth-order valence-corrected chi connectivity index (χ4v) is 4.55. The molecule has 28 heavy (non-hydrogen) atoms. The lowest BCUT2D eigenvalue weighted by Gasteiger charge is -2.28. The van der Waals surface area contributed by atoms with Gasteiger partial charge in [0.2, 0.25) is 0 Å². The molecule has 6 heteroatoms. The van der Waals surface area contributed by atoms with Gasteiger partial charge in [0.1, 0.15) is 16.3 Å². The van der Waals surface area contributed by atoms with E-state index < -0.39 is 0 Å². The molecule has 0 unspecified atom stereocenters. The maximum atomic E-state index is 12.1. The maximum Gasteiger partial charge on any atom is 0.181 e. The van der Waals surface area contributed by atoms with Crippen molar-refractivity contribution in [3.05, 3.63) is 60.1 Å². The van der Waals surface area contributed by atoms with Crippen LogP contribution in [-0.2, 0) is 4.79 Å². The molecule has 0 amide bonds. The van der Waals surface area contributed by atoms with Crippen LogP contribution in [0.3, 0.4) is 0 Å². The molecule has 138 valence electrons. The lowest BCUT2D eigenvalue weighted by Crippen LogP contribution is -2.36. The van der Waals surface area contributed by atoms with Crippen molar-refractivity contribution >= 4 is 33.2 Å². The highest BCUT2D eigenvalue weighted by Crippen LogP contribution is 2.39. The summed E-state index contributed by atoms with van der Waals surface area (Å²) in [7, 11) is 0. The van der Waals surface area contributed by atoms with E-state index in [0.717, 1.165) is 45.8 Å². The van der Waals surface area contributed by atoms with E-state index in [-0.39, 0.29) is 5.78 Å². The molecule has 4 heterocycles. The van der Waals surface area contributed by atoms with Gasteiger partial charge in [-0.1, -0.05) is 36.4 Å². The van der Waals surface area contributed by atoms with Crippen LogP contribution in [0.2, 0.25) is 0 Å². The van der Waals surface area contributed by atoms with Crippen LogP contribution in [0.4, 0.5) is 5.82 Å². The van der Waals surface area contributed by atoms with Gasteiger partial charge < -0.3 is 4.90 Å². The summed E-state index contributed by atoms with van der Waals surface area (Å²) in [6.45, 7) is 1.22. The fraction of sp³-hybridized carbons (Fsp3) is 0.182. The molecule has 0 spiro atoms. The summed E-state index contributed by atoms with van der Waals surface area (Å²) < 4.78 is 0. The molecule has 3 aromatic heterocycles. The number of nitrogens with zero attached hydrogens (tertiary/aromatic N) is 4. The van der Waals surface area contributed by atoms with Gasteiger partial charge in [-0.2, -0.15) is 0 Å². The van der Waals surface area contributed by atoms with Gasteiger partial charge in [-0.25, -0.2) is 9.97 Å². The number of hydrogen-bond donors (Lipinski definition) is 0. The number of hydrogen-bond acceptors (Lipinski definition) is 6. The van der Waals surface area contributed by atoms with Crippen LogP contribution < -0.4 is 4.90 Å². The average Bonchev–Trinajstić information content (AvgIpc) is 3.18. The quantitative estimate of drug-likeness (QED) is 0.515. The van der Waals surface area contributed by atoms with E-state index in [1.807, 2.05) is 36.4 Å². The van der Waals surface area contributed by atoms with Gasteiger partial charge in [0, 0.05) is 30.1 Å². The second-order valence-electron chi connectivity index (χ2n) is 6.85. The molecule has 0 radical (unpaired) electrons. The number of fused-ring (bicyclic) bond motifs is 1. The van der Waals surface area contributed by atoms with Crippen molar-refractivity contribution in [1.29, 1.82) is 0 Å². The smallest absolute Gasteiger partial charge is 0.181 e. The summed E-state index contributed by atoms with van der Waals surface area (Å²) in [6, 6.07) is 16.0. The second-order valence-corrected chi connectivity index (χ2v) is 7.70. The molecule has 0 bridgehead atoms. The molecule has 1 fully saturated rings. The number of carbonyl (C=O) groups is 1. The molecular weight excluding hydrogens is 368 g/mol. The number of ketones is 1. The number of thiophene rings is 1. The van der Waals surface area contributed by atoms with Crippen LogP contribution in [0.5, 0.6) is 0 Å². The third kappa shape index (κ3) is 3.05. The number of pyridine rings is 1. The van der Waals surface area contributed by atoms with E-state index >= 15 is 0 Å². The molecule has 0 atom stereocenters. The Hall–Kier alpha value is -3.12. The highest BCUT2D eigenvalue weighted by Gasteiger charge is 2.24. The van der Waals surface area contributed by atoms with E-state index in [0.29, 0.717) is 18.8 Å². The topological polar surface area (TPSA) is 59.0 Å². The third-order valence-corrected chi connectivity index (χ3v) is 5.82. The van der Waals surface area contributed by atoms with Gasteiger partial charge in [-0.3, -0.25) is 9.78 Å². The molecule has 0 N–H and O–H groups in total. The number of carbonyl (C=O) groups excluding carboxylic acids is 1. The van der Waals surface area contributed by atoms with E-state index in [1.165, 1.54) is 0 Å². The monoisotopic (exact) mass is 386 g/mol. The van der Waals surface area contributed by atoms with Crippen molar-refractivity contribution in [3.63, 3.8) is 0 Å². The van der Waals surface area contributed by atoms with E-state index in [1.54, 1.807) is 17.5 Å². The highest BCUT2D eigenvalue weighted by atomic mass is 32.1. The van der Waals surface area contributed by atoms with E-state index in [9.17, 15) is 4.79 Å². The minimum absolute atomic E-state index is 0.258. The first-order valence-corrected chi connectivity index (χ1v) is 10.2. The summed E-state index contributed by atoms with van der Waals surface area (Å²) in [5, 5.41) is 3.15. The molecule has 1 aliphatic rings. The van der Waals surface area contributed by atoms with Gasteiger partial charge in [0.15, 0.2) is 11.6 Å². The van der Waals surface area contributed by atoms with Crippen LogP contribution in [-0.4, -0.2) is 33.8 Å². The van der Waals surface area contributed by atoms with Crippen LogP contribution in [0.15, 0.2) is 60.1 Å². The Bertz CT molecular complexity index is 1140. The molecule has 0 saturated carbocycles. The highest BCUT2D eigenvalue weighted by molar-refractivity contribution is 7.17. The number of aromatic nitrogens is 3. The molecule has 0 aliphatic carbocycles. The van der Waals surface area contributed by atoms with Crippen LogP contribution in [0.25, 0.3) is 32.9 Å². The molecule has 1 saturated heterocycles. The normalized spacial score (nSPS) is 14.6. The zero-order valence-corrected chi connectivity index (χ0v) is 16.0. The first-order valence-electron chi connectivity index (χ1n) is 9.32. The minimum atomic E-state index is 0.258. The molecule has 4 aromatic rings. The summed E-state index contributed by atoms with van der Waals surface area (Å²) in [5.74, 6) is 1.69. The largest absolute Gasteiger partial charge is 0.349 e. The Balaban J connectivity index is 1.74. The van der Waals surface area contributed by atoms with Crippen molar-refractivity contribution in [2.75, 3.05) is 18.0 Å². The SMILES string of the molecule is O=C1CCCN(c2nc(-c3ccccn3)nc3scc(-c4ccccc4)c23)C1. The Labute approximate surface area is 166 Å². The Kier molecular flexibility index (Phi) is 4.33. The first kappa shape index (κ1) is 17.0. The maximum absolute atomic E-state index is 12.1. The van der Waals surface area contributed by atoms with Gasteiger partial charge >= 0.3 is 0 Å². The Morgan fingerprint density at radius 3 is 2.64 bits per heavy atom. The predicted molar refractivity (Wildman–Crippen MR) is 113 cm³/mol. The van der Waals surface area contributed by atoms with Gasteiger partial charge in [0.25, 0.3) is 0 Å². The Morgan fingerprint density at radius 1 is 1.00 bits per heavy atom. The van der Waals surface area contributed by atoms with E-state index in [2.05, 4.69) is 27.4 Å². The summed E-state index contributed by atoms with van der Waals surface area (Å²) >= 11 is 1.61. The van der Waals surface area contributed by atoms with Gasteiger partial charge in [-0.05, 0) is 24.1 Å². The Morgan fingerprint density at radius 2 is 1.86 bits per heavy atom. The number of piperidine rings is 1. The summed E-state index contributed by atoms with van der Waals surface area (Å²) in [6.07, 6.45) is 3.25. The first-order chi connectivity index (χ1) is 13.8. The van der Waals surface area contributed by atoms with E-state index in [4.69, 9.17) is 9.97 Å². The molecule has 5 nitrogen and oxygen atoms in total. The third-order valence-electron chi connectivity index (χ3n) is 4.94. The van der Waals surface area contributed by atoms with Gasteiger partial charge in [-0.15, -0.1) is 11.3 Å². The van der Waals surface area contributed by atoms with Crippen LogP contribution in [0, 0.1) is 0 Å². The number of benzene rings is 1. The van der Waals surface area contributed by atoms with Crippen LogP contribution in [0.1, 0.15) is 12.8 Å². The molecule has 1 aliphatic heterocycles. The number of rotatable bonds is 3. The van der Waals surface area contributed by atoms with Crippen molar-refractivity contribution < 1.29 is 4.79 Å². The lowest BCUT2D eigenvalue weighted by atomic mass is 10.0. The van der Waals surface area contributed by atoms with Crippen molar-refractivity contribution in [3.8, 4) is 22.6 Å². The number of anilines is 1. The average molecular weight is 386 g/mol.